The Morgan fingerprint density at radius 1 is 1.40 bits per heavy atom. The van der Waals surface area contributed by atoms with Gasteiger partial charge in [-0.15, -0.1) is 0 Å². The van der Waals surface area contributed by atoms with Gasteiger partial charge in [0.2, 0.25) is 0 Å². The van der Waals surface area contributed by atoms with Gasteiger partial charge < -0.3 is 19.9 Å². The molecule has 1 aromatic carbocycles. The Balaban J connectivity index is 2.89. The molecule has 2 N–H and O–H groups in total. The van der Waals surface area contributed by atoms with E-state index in [9.17, 15) is 4.79 Å². The largest absolute Gasteiger partial charge is 0.495 e. The second-order valence-corrected chi connectivity index (χ2v) is 2.76. The van der Waals surface area contributed by atoms with Crippen LogP contribution in [0.1, 0.15) is 10.4 Å². The van der Waals surface area contributed by atoms with Gasteiger partial charge in [0.1, 0.15) is 5.75 Å². The van der Waals surface area contributed by atoms with Crippen LogP contribution in [0.3, 0.4) is 0 Å². The van der Waals surface area contributed by atoms with E-state index in [0.717, 1.165) is 0 Å². The van der Waals surface area contributed by atoms with Crippen molar-refractivity contribution in [1.29, 1.82) is 0 Å². The molecule has 0 aromatic heterocycles. The molecule has 0 heterocycles. The number of benzene rings is 1. The van der Waals surface area contributed by atoms with Crippen molar-refractivity contribution in [1.82, 2.24) is 0 Å². The molecule has 0 radical (unpaired) electrons. The monoisotopic (exact) mass is 211 g/mol. The maximum absolute atomic E-state index is 11.5. The number of hydrogen-bond donors (Lipinski definition) is 1. The van der Waals surface area contributed by atoms with Gasteiger partial charge in [-0.2, -0.15) is 0 Å². The van der Waals surface area contributed by atoms with Crippen molar-refractivity contribution < 1.29 is 19.0 Å². The first kappa shape index (κ1) is 11.3. The Morgan fingerprint density at radius 3 is 2.73 bits per heavy atom. The van der Waals surface area contributed by atoms with Crippen LogP contribution in [0.15, 0.2) is 18.2 Å². The first-order chi connectivity index (χ1) is 7.20. The van der Waals surface area contributed by atoms with Gasteiger partial charge in [-0.25, -0.2) is 4.79 Å². The number of hydrogen-bond acceptors (Lipinski definition) is 5. The number of carbonyl (C=O) groups excluding carboxylic acids is 1. The number of para-hydroxylation sites is 1. The summed E-state index contributed by atoms with van der Waals surface area (Å²) in [5, 5.41) is 0. The Kier molecular flexibility index (Phi) is 3.93. The fraction of sp³-hybridized carbons (Fsp3) is 0.300. The summed E-state index contributed by atoms with van der Waals surface area (Å²) in [5.74, 6) is -0.0879. The average Bonchev–Trinajstić information content (AvgIpc) is 2.26. The SMILES string of the molecule is COCOC(=O)c1cccc(OC)c1N. The zero-order valence-electron chi connectivity index (χ0n) is 8.65. The van der Waals surface area contributed by atoms with E-state index in [4.69, 9.17) is 15.2 Å². The van der Waals surface area contributed by atoms with E-state index < -0.39 is 5.97 Å². The predicted molar refractivity (Wildman–Crippen MR) is 54.7 cm³/mol. The number of esters is 1. The van der Waals surface area contributed by atoms with E-state index in [1.54, 1.807) is 18.2 Å². The quantitative estimate of drug-likeness (QED) is 0.457. The molecule has 0 aliphatic carbocycles. The van der Waals surface area contributed by atoms with Crippen LogP contribution in [0.25, 0.3) is 0 Å². The number of anilines is 1. The normalized spacial score (nSPS) is 9.73. The minimum atomic E-state index is -0.534. The molecule has 1 rings (SSSR count). The van der Waals surface area contributed by atoms with Gasteiger partial charge in [0.05, 0.1) is 18.4 Å². The summed E-state index contributed by atoms with van der Waals surface area (Å²) in [4.78, 5) is 11.5. The molecule has 0 bridgehead atoms. The van der Waals surface area contributed by atoms with E-state index in [1.165, 1.54) is 14.2 Å². The van der Waals surface area contributed by atoms with Gasteiger partial charge in [-0.1, -0.05) is 6.07 Å². The maximum Gasteiger partial charge on any atom is 0.342 e. The Labute approximate surface area is 87.7 Å². The lowest BCUT2D eigenvalue weighted by atomic mass is 10.1. The zero-order chi connectivity index (χ0) is 11.3. The van der Waals surface area contributed by atoms with E-state index in [2.05, 4.69) is 4.74 Å². The van der Waals surface area contributed by atoms with E-state index in [-0.39, 0.29) is 18.0 Å². The lowest BCUT2D eigenvalue weighted by molar-refractivity contribution is -0.0124. The second kappa shape index (κ2) is 5.21. The smallest absolute Gasteiger partial charge is 0.342 e. The highest BCUT2D eigenvalue weighted by molar-refractivity contribution is 5.96. The Bertz CT molecular complexity index is 351. The van der Waals surface area contributed by atoms with Crippen molar-refractivity contribution in [3.8, 4) is 5.75 Å². The van der Waals surface area contributed by atoms with Gasteiger partial charge >= 0.3 is 5.97 Å². The molecule has 5 nitrogen and oxygen atoms in total. The molecule has 0 atom stereocenters. The van der Waals surface area contributed by atoms with Crippen LogP contribution >= 0.6 is 0 Å². The lowest BCUT2D eigenvalue weighted by Crippen LogP contribution is -2.10. The summed E-state index contributed by atoms with van der Waals surface area (Å²) in [5.41, 5.74) is 6.23. The van der Waals surface area contributed by atoms with Crippen molar-refractivity contribution in [3.05, 3.63) is 23.8 Å². The number of nitrogens with two attached hydrogens (primary N) is 1. The molecule has 0 unspecified atom stereocenters. The molecule has 82 valence electrons. The highest BCUT2D eigenvalue weighted by atomic mass is 16.7. The van der Waals surface area contributed by atoms with Crippen LogP contribution in [0.4, 0.5) is 5.69 Å². The third kappa shape index (κ3) is 2.60. The minimum absolute atomic E-state index is 0.102. The predicted octanol–water partition coefficient (Wildman–Crippen LogP) is 1.04. The van der Waals surface area contributed by atoms with Crippen molar-refractivity contribution in [3.63, 3.8) is 0 Å². The van der Waals surface area contributed by atoms with Gasteiger partial charge in [-0.05, 0) is 12.1 Å². The standard InChI is InChI=1S/C10H13NO4/c1-13-6-15-10(12)7-4-3-5-8(14-2)9(7)11/h3-5H,6,11H2,1-2H3. The fourth-order valence-electron chi connectivity index (χ4n) is 1.09. The average molecular weight is 211 g/mol. The van der Waals surface area contributed by atoms with Crippen molar-refractivity contribution in [2.45, 2.75) is 0 Å². The maximum atomic E-state index is 11.5. The van der Waals surface area contributed by atoms with Crippen molar-refractivity contribution in [2.24, 2.45) is 0 Å². The molecular weight excluding hydrogens is 198 g/mol. The summed E-state index contributed by atoms with van der Waals surface area (Å²) in [6, 6.07) is 4.90. The Morgan fingerprint density at radius 2 is 2.13 bits per heavy atom. The van der Waals surface area contributed by atoms with Gasteiger partial charge in [0.15, 0.2) is 6.79 Å². The van der Waals surface area contributed by atoms with Crippen LogP contribution < -0.4 is 10.5 Å². The highest BCUT2D eigenvalue weighted by Gasteiger charge is 2.13. The minimum Gasteiger partial charge on any atom is -0.495 e. The van der Waals surface area contributed by atoms with Gasteiger partial charge in [0, 0.05) is 7.11 Å². The number of nitrogen functional groups attached to an aromatic ring is 1. The summed E-state index contributed by atoms with van der Waals surface area (Å²) in [6.45, 7) is -0.102. The molecule has 0 aliphatic heterocycles. The molecule has 0 saturated carbocycles. The molecule has 0 amide bonds. The molecule has 0 spiro atoms. The van der Waals surface area contributed by atoms with Crippen molar-refractivity contribution in [2.75, 3.05) is 26.7 Å². The molecule has 0 fully saturated rings. The molecule has 5 heteroatoms. The van der Waals surface area contributed by atoms with Gasteiger partial charge in [-0.3, -0.25) is 0 Å². The lowest BCUT2D eigenvalue weighted by Gasteiger charge is -2.09. The zero-order valence-corrected chi connectivity index (χ0v) is 8.65. The summed E-state index contributed by atoms with van der Waals surface area (Å²) >= 11 is 0. The van der Waals surface area contributed by atoms with Crippen LogP contribution in [-0.2, 0) is 9.47 Å². The molecule has 1 aromatic rings. The third-order valence-electron chi connectivity index (χ3n) is 1.81. The molecule has 0 aliphatic rings. The first-order valence-electron chi connectivity index (χ1n) is 4.29. The summed E-state index contributed by atoms with van der Waals surface area (Å²) in [7, 11) is 2.91. The van der Waals surface area contributed by atoms with E-state index in [0.29, 0.717) is 5.75 Å². The van der Waals surface area contributed by atoms with Crippen LogP contribution in [-0.4, -0.2) is 27.0 Å². The van der Waals surface area contributed by atoms with E-state index >= 15 is 0 Å². The van der Waals surface area contributed by atoms with Crippen LogP contribution in [0, 0.1) is 0 Å². The topological polar surface area (TPSA) is 70.8 Å². The number of rotatable bonds is 4. The third-order valence-corrected chi connectivity index (χ3v) is 1.81. The first-order valence-corrected chi connectivity index (χ1v) is 4.29. The van der Waals surface area contributed by atoms with Crippen LogP contribution in [0.5, 0.6) is 5.75 Å². The summed E-state index contributed by atoms with van der Waals surface area (Å²) in [6.07, 6.45) is 0. The second-order valence-electron chi connectivity index (χ2n) is 2.76. The van der Waals surface area contributed by atoms with Crippen LogP contribution in [0.2, 0.25) is 0 Å². The van der Waals surface area contributed by atoms with Gasteiger partial charge in [0.25, 0.3) is 0 Å². The molecule has 0 saturated heterocycles. The van der Waals surface area contributed by atoms with E-state index in [1.807, 2.05) is 0 Å². The highest BCUT2D eigenvalue weighted by Crippen LogP contribution is 2.25. The Hall–Kier alpha value is -1.75. The number of carbonyl (C=O) groups is 1. The molecule has 15 heavy (non-hydrogen) atoms. The molecular formula is C10H13NO4. The van der Waals surface area contributed by atoms with Crippen molar-refractivity contribution >= 4 is 11.7 Å². The number of methoxy groups -OCH3 is 2. The summed E-state index contributed by atoms with van der Waals surface area (Å²) < 4.78 is 14.4. The number of ether oxygens (including phenoxy) is 3. The fourth-order valence-corrected chi connectivity index (χ4v) is 1.09.